The molecule has 2 atom stereocenters. The van der Waals surface area contributed by atoms with Crippen molar-refractivity contribution in [3.63, 3.8) is 0 Å². The molecule has 0 N–H and O–H groups in total. The number of hydrogen-bond acceptors (Lipinski definition) is 3. The average molecular weight is 240 g/mol. The first kappa shape index (κ1) is 14.2. The molecule has 98 valence electrons. The molecule has 1 aliphatic rings. The quantitative estimate of drug-likeness (QED) is 0.547. The molecule has 1 fully saturated rings. The number of ether oxygens (including phenoxy) is 2. The molecule has 0 saturated heterocycles. The molecular weight excluding hydrogens is 216 g/mol. The van der Waals surface area contributed by atoms with E-state index in [1.165, 1.54) is 6.42 Å². The SMILES string of the molecule is C=CCOC(=O)COC1CC(C)CC(C)(C)C1. The minimum Gasteiger partial charge on any atom is -0.460 e. The maximum atomic E-state index is 11.3. The Morgan fingerprint density at radius 1 is 1.47 bits per heavy atom. The van der Waals surface area contributed by atoms with E-state index in [9.17, 15) is 4.79 Å². The number of carbonyl (C=O) groups excluding carboxylic acids is 1. The van der Waals surface area contributed by atoms with Crippen LogP contribution in [0.3, 0.4) is 0 Å². The topological polar surface area (TPSA) is 35.5 Å². The Kier molecular flexibility index (Phi) is 5.19. The highest BCUT2D eigenvalue weighted by Crippen LogP contribution is 2.39. The summed E-state index contributed by atoms with van der Waals surface area (Å²) in [6, 6.07) is 0. The summed E-state index contributed by atoms with van der Waals surface area (Å²) in [5, 5.41) is 0. The number of esters is 1. The summed E-state index contributed by atoms with van der Waals surface area (Å²) in [4.78, 5) is 11.3. The van der Waals surface area contributed by atoms with Crippen molar-refractivity contribution >= 4 is 5.97 Å². The average Bonchev–Trinajstić information content (AvgIpc) is 2.20. The molecular formula is C14H24O3. The van der Waals surface area contributed by atoms with Crippen LogP contribution in [-0.2, 0) is 14.3 Å². The van der Waals surface area contributed by atoms with E-state index in [1.54, 1.807) is 6.08 Å². The van der Waals surface area contributed by atoms with Gasteiger partial charge in [-0.2, -0.15) is 0 Å². The number of hydrogen-bond donors (Lipinski definition) is 0. The second kappa shape index (κ2) is 6.20. The number of rotatable bonds is 5. The highest BCUT2D eigenvalue weighted by molar-refractivity contribution is 5.70. The van der Waals surface area contributed by atoms with Gasteiger partial charge in [-0.15, -0.1) is 0 Å². The van der Waals surface area contributed by atoms with Gasteiger partial charge in [-0.25, -0.2) is 4.79 Å². The van der Waals surface area contributed by atoms with Crippen LogP contribution in [0, 0.1) is 11.3 Å². The van der Waals surface area contributed by atoms with Crippen LogP contribution >= 0.6 is 0 Å². The van der Waals surface area contributed by atoms with Crippen LogP contribution in [0.1, 0.15) is 40.0 Å². The lowest BCUT2D eigenvalue weighted by Crippen LogP contribution is -2.33. The van der Waals surface area contributed by atoms with Crippen LogP contribution in [0.15, 0.2) is 12.7 Å². The van der Waals surface area contributed by atoms with E-state index >= 15 is 0 Å². The van der Waals surface area contributed by atoms with Gasteiger partial charge >= 0.3 is 5.97 Å². The molecule has 0 bridgehead atoms. The third kappa shape index (κ3) is 5.35. The zero-order chi connectivity index (χ0) is 12.9. The van der Waals surface area contributed by atoms with Gasteiger partial charge in [0.1, 0.15) is 13.2 Å². The normalized spacial score (nSPS) is 27.5. The van der Waals surface area contributed by atoms with Crippen molar-refractivity contribution in [2.75, 3.05) is 13.2 Å². The highest BCUT2D eigenvalue weighted by Gasteiger charge is 2.32. The van der Waals surface area contributed by atoms with Crippen molar-refractivity contribution in [1.29, 1.82) is 0 Å². The summed E-state index contributed by atoms with van der Waals surface area (Å²) in [5.41, 5.74) is 0.313. The van der Waals surface area contributed by atoms with E-state index in [-0.39, 0.29) is 25.3 Å². The first-order chi connectivity index (χ1) is 7.93. The van der Waals surface area contributed by atoms with Gasteiger partial charge in [0, 0.05) is 0 Å². The molecule has 0 aliphatic heterocycles. The number of carbonyl (C=O) groups is 1. The first-order valence-corrected chi connectivity index (χ1v) is 6.31. The van der Waals surface area contributed by atoms with Crippen molar-refractivity contribution in [3.05, 3.63) is 12.7 Å². The Balaban J connectivity index is 2.31. The molecule has 0 aromatic carbocycles. The molecule has 0 heterocycles. The van der Waals surface area contributed by atoms with Gasteiger partial charge in [0.15, 0.2) is 0 Å². The fraction of sp³-hybridized carbons (Fsp3) is 0.786. The second-order valence-corrected chi connectivity index (χ2v) is 5.82. The van der Waals surface area contributed by atoms with Crippen LogP contribution in [0.25, 0.3) is 0 Å². The van der Waals surface area contributed by atoms with Crippen molar-refractivity contribution in [3.8, 4) is 0 Å². The maximum absolute atomic E-state index is 11.3. The van der Waals surface area contributed by atoms with Crippen molar-refractivity contribution in [2.24, 2.45) is 11.3 Å². The van der Waals surface area contributed by atoms with E-state index < -0.39 is 0 Å². The predicted molar refractivity (Wildman–Crippen MR) is 67.7 cm³/mol. The molecule has 3 nitrogen and oxygen atoms in total. The Morgan fingerprint density at radius 3 is 2.76 bits per heavy atom. The molecule has 1 saturated carbocycles. The maximum Gasteiger partial charge on any atom is 0.332 e. The fourth-order valence-corrected chi connectivity index (χ4v) is 2.76. The van der Waals surface area contributed by atoms with Gasteiger partial charge < -0.3 is 9.47 Å². The summed E-state index contributed by atoms with van der Waals surface area (Å²) >= 11 is 0. The molecule has 17 heavy (non-hydrogen) atoms. The minimum absolute atomic E-state index is 0.0569. The summed E-state index contributed by atoms with van der Waals surface area (Å²) in [6.07, 6.45) is 5.03. The van der Waals surface area contributed by atoms with E-state index in [2.05, 4.69) is 27.4 Å². The standard InChI is InChI=1S/C14H24O3/c1-5-6-16-13(15)10-17-12-7-11(2)8-14(3,4)9-12/h5,11-12H,1,6-10H2,2-4H3. The smallest absolute Gasteiger partial charge is 0.332 e. The van der Waals surface area contributed by atoms with Crippen molar-refractivity contribution in [2.45, 2.75) is 46.1 Å². The lowest BCUT2D eigenvalue weighted by molar-refractivity contribution is -0.151. The monoisotopic (exact) mass is 240 g/mol. The van der Waals surface area contributed by atoms with Crippen molar-refractivity contribution < 1.29 is 14.3 Å². The van der Waals surface area contributed by atoms with Crippen LogP contribution in [0.4, 0.5) is 0 Å². The predicted octanol–water partition coefficient (Wildman–Crippen LogP) is 2.95. The summed E-state index contributed by atoms with van der Waals surface area (Å²) < 4.78 is 10.5. The molecule has 0 aromatic rings. The largest absolute Gasteiger partial charge is 0.460 e. The van der Waals surface area contributed by atoms with Crippen LogP contribution in [0.5, 0.6) is 0 Å². The third-order valence-corrected chi connectivity index (χ3v) is 3.15. The van der Waals surface area contributed by atoms with Crippen LogP contribution < -0.4 is 0 Å². The van der Waals surface area contributed by atoms with E-state index in [4.69, 9.17) is 9.47 Å². The molecule has 0 amide bonds. The Morgan fingerprint density at radius 2 is 2.18 bits per heavy atom. The zero-order valence-electron chi connectivity index (χ0n) is 11.2. The molecule has 1 aliphatic carbocycles. The summed E-state index contributed by atoms with van der Waals surface area (Å²) in [5.74, 6) is 0.355. The van der Waals surface area contributed by atoms with E-state index in [0.717, 1.165) is 12.8 Å². The lowest BCUT2D eigenvalue weighted by atomic mass is 9.71. The molecule has 0 radical (unpaired) electrons. The Hall–Kier alpha value is -0.830. The Labute approximate surface area is 104 Å². The summed E-state index contributed by atoms with van der Waals surface area (Å²) in [7, 11) is 0. The second-order valence-electron chi connectivity index (χ2n) is 5.82. The minimum atomic E-state index is -0.305. The molecule has 2 unspecified atom stereocenters. The van der Waals surface area contributed by atoms with Crippen molar-refractivity contribution in [1.82, 2.24) is 0 Å². The van der Waals surface area contributed by atoms with Crippen LogP contribution in [-0.4, -0.2) is 25.3 Å². The summed E-state index contributed by atoms with van der Waals surface area (Å²) in [6.45, 7) is 10.6. The van der Waals surface area contributed by atoms with Gasteiger partial charge in [0.25, 0.3) is 0 Å². The zero-order valence-corrected chi connectivity index (χ0v) is 11.2. The third-order valence-electron chi connectivity index (χ3n) is 3.15. The van der Waals surface area contributed by atoms with Gasteiger partial charge in [-0.1, -0.05) is 33.4 Å². The molecule has 0 aromatic heterocycles. The Bertz CT molecular complexity index is 271. The van der Waals surface area contributed by atoms with Gasteiger partial charge in [-0.05, 0) is 30.6 Å². The van der Waals surface area contributed by atoms with E-state index in [0.29, 0.717) is 11.3 Å². The van der Waals surface area contributed by atoms with Gasteiger partial charge in [0.05, 0.1) is 6.10 Å². The molecule has 0 spiro atoms. The van der Waals surface area contributed by atoms with E-state index in [1.807, 2.05) is 0 Å². The van der Waals surface area contributed by atoms with Crippen LogP contribution in [0.2, 0.25) is 0 Å². The highest BCUT2D eigenvalue weighted by atomic mass is 16.6. The van der Waals surface area contributed by atoms with Gasteiger partial charge in [0.2, 0.25) is 0 Å². The fourth-order valence-electron chi connectivity index (χ4n) is 2.76. The van der Waals surface area contributed by atoms with Gasteiger partial charge in [-0.3, -0.25) is 0 Å². The molecule has 3 heteroatoms. The lowest BCUT2D eigenvalue weighted by Gasteiger charge is -2.38. The molecule has 1 rings (SSSR count). The first-order valence-electron chi connectivity index (χ1n) is 6.31.